The average Bonchev–Trinajstić information content (AvgIpc) is 2.53. The van der Waals surface area contributed by atoms with Gasteiger partial charge in [-0.3, -0.25) is 20.0 Å². The molecule has 1 rings (SSSR count). The van der Waals surface area contributed by atoms with Gasteiger partial charge in [0.25, 0.3) is 5.91 Å². The Morgan fingerprint density at radius 1 is 1.20 bits per heavy atom. The van der Waals surface area contributed by atoms with E-state index in [0.717, 1.165) is 26.2 Å². The van der Waals surface area contributed by atoms with E-state index in [1.54, 1.807) is 0 Å². The Hall–Kier alpha value is -2.69. The number of imide groups is 1. The molecule has 0 fully saturated rings. The summed E-state index contributed by atoms with van der Waals surface area (Å²) in [7, 11) is 5.81. The molecule has 0 aromatic heterocycles. The van der Waals surface area contributed by atoms with Crippen LogP contribution in [0, 0.1) is 0 Å². The van der Waals surface area contributed by atoms with Crippen LogP contribution in [0.2, 0.25) is 0 Å². The first-order valence-electron chi connectivity index (χ1n) is 6.76. The third kappa shape index (κ3) is 4.05. The summed E-state index contributed by atoms with van der Waals surface area (Å²) in [6, 6.07) is -0.381. The predicted octanol–water partition coefficient (Wildman–Crippen LogP) is 2.15. The summed E-state index contributed by atoms with van der Waals surface area (Å²) in [5.74, 6) is -2.58. The Kier molecular flexibility index (Phi) is 6.08. The predicted molar refractivity (Wildman–Crippen MR) is 81.5 cm³/mol. The van der Waals surface area contributed by atoms with E-state index in [1.165, 1.54) is 14.1 Å². The molecule has 0 saturated heterocycles. The summed E-state index contributed by atoms with van der Waals surface area (Å²) in [6.07, 6.45) is -4.96. The molecule has 0 atom stereocenters. The minimum absolute atomic E-state index is 0.470. The average molecular weight is 365 g/mol. The number of benzene rings is 1. The van der Waals surface area contributed by atoms with Gasteiger partial charge in [-0.2, -0.15) is 13.2 Å². The highest BCUT2D eigenvalue weighted by Gasteiger charge is 2.41. The summed E-state index contributed by atoms with van der Waals surface area (Å²) in [5.41, 5.74) is -1.01. The van der Waals surface area contributed by atoms with Crippen molar-refractivity contribution >= 4 is 17.6 Å². The molecular weight excluding hydrogens is 347 g/mol. The fraction of sp³-hybridized carbons (Fsp3) is 0.429. The van der Waals surface area contributed by atoms with Crippen LogP contribution in [-0.4, -0.2) is 62.2 Å². The maximum absolute atomic E-state index is 13.4. The van der Waals surface area contributed by atoms with Crippen LogP contribution in [0.1, 0.15) is 15.9 Å². The highest BCUT2D eigenvalue weighted by atomic mass is 19.4. The zero-order valence-electron chi connectivity index (χ0n) is 14.2. The Labute approximate surface area is 141 Å². The lowest BCUT2D eigenvalue weighted by atomic mass is 10.0. The second-order valence-electron chi connectivity index (χ2n) is 5.07. The van der Waals surface area contributed by atoms with Crippen molar-refractivity contribution in [1.29, 1.82) is 0 Å². The molecule has 2 N–H and O–H groups in total. The maximum Gasteiger partial charge on any atom is 0.417 e. The van der Waals surface area contributed by atoms with Crippen LogP contribution in [0.4, 0.5) is 23.7 Å². The fourth-order valence-corrected chi connectivity index (χ4v) is 2.01. The lowest BCUT2D eigenvalue weighted by molar-refractivity contribution is -0.138. The van der Waals surface area contributed by atoms with Crippen molar-refractivity contribution in [2.75, 3.05) is 40.8 Å². The minimum Gasteiger partial charge on any atom is -0.503 e. The number of phenols is 1. The molecule has 1 aromatic carbocycles. The van der Waals surface area contributed by atoms with Crippen LogP contribution in [-0.2, 0) is 11.0 Å². The third-order valence-electron chi connectivity index (χ3n) is 3.18. The molecule has 0 radical (unpaired) electrons. The van der Waals surface area contributed by atoms with E-state index in [-0.39, 0.29) is 0 Å². The zero-order valence-corrected chi connectivity index (χ0v) is 14.2. The van der Waals surface area contributed by atoms with Crippen LogP contribution in [0.25, 0.3) is 0 Å². The number of hydrogen-bond acceptors (Lipinski definition) is 6. The largest absolute Gasteiger partial charge is 0.503 e. The summed E-state index contributed by atoms with van der Waals surface area (Å²) >= 11 is 0. The maximum atomic E-state index is 13.4. The molecular formula is C14H18F3N3O5. The standard InChI is InChI=1S/C14H18F3N3O5/c1-19(2)13(23)20(3)12(22)9-7(14(15,16)17)6-8(24-4)11(21)10(9)18-25-5/h6,18,21H,1-5H3. The molecule has 0 saturated carbocycles. The summed E-state index contributed by atoms with van der Waals surface area (Å²) in [5, 5.41) is 10.1. The van der Waals surface area contributed by atoms with Crippen molar-refractivity contribution < 1.29 is 37.4 Å². The quantitative estimate of drug-likeness (QED) is 0.628. The first-order valence-corrected chi connectivity index (χ1v) is 6.76. The Balaban J connectivity index is 3.72. The number of aromatic hydroxyl groups is 1. The normalized spacial score (nSPS) is 11.0. The van der Waals surface area contributed by atoms with Gasteiger partial charge < -0.3 is 14.7 Å². The van der Waals surface area contributed by atoms with E-state index < -0.39 is 46.4 Å². The molecule has 0 unspecified atom stereocenters. The van der Waals surface area contributed by atoms with E-state index in [0.29, 0.717) is 11.0 Å². The Bertz CT molecular complexity index is 677. The highest BCUT2D eigenvalue weighted by molar-refractivity contribution is 6.09. The topological polar surface area (TPSA) is 91.3 Å². The third-order valence-corrected chi connectivity index (χ3v) is 3.18. The second-order valence-corrected chi connectivity index (χ2v) is 5.07. The number of methoxy groups -OCH3 is 1. The molecule has 3 amide bonds. The van der Waals surface area contributed by atoms with E-state index in [2.05, 4.69) is 4.84 Å². The molecule has 0 heterocycles. The van der Waals surface area contributed by atoms with Gasteiger partial charge in [0.2, 0.25) is 0 Å². The number of phenolic OH excluding ortho intramolecular Hbond substituents is 1. The van der Waals surface area contributed by atoms with Gasteiger partial charge in [-0.05, 0) is 6.07 Å². The first-order chi connectivity index (χ1) is 11.5. The number of amides is 3. The molecule has 1 aromatic rings. The molecule has 0 aliphatic heterocycles. The van der Waals surface area contributed by atoms with Crippen LogP contribution in [0.15, 0.2) is 6.07 Å². The number of carbonyl (C=O) groups is 2. The van der Waals surface area contributed by atoms with Crippen molar-refractivity contribution in [1.82, 2.24) is 9.80 Å². The molecule has 0 aliphatic rings. The van der Waals surface area contributed by atoms with E-state index >= 15 is 0 Å². The number of alkyl halides is 3. The van der Waals surface area contributed by atoms with Crippen LogP contribution >= 0.6 is 0 Å². The van der Waals surface area contributed by atoms with Crippen molar-refractivity contribution in [3.8, 4) is 11.5 Å². The van der Waals surface area contributed by atoms with Crippen molar-refractivity contribution in [3.63, 3.8) is 0 Å². The number of nitrogens with zero attached hydrogens (tertiary/aromatic N) is 2. The van der Waals surface area contributed by atoms with Crippen molar-refractivity contribution in [2.45, 2.75) is 6.18 Å². The second kappa shape index (κ2) is 7.47. The molecule has 0 spiro atoms. The van der Waals surface area contributed by atoms with E-state index in [1.807, 2.05) is 5.48 Å². The zero-order chi connectivity index (χ0) is 19.5. The molecule has 0 aliphatic carbocycles. The SMILES string of the molecule is CONc1c(O)c(OC)cc(C(F)(F)F)c1C(=O)N(C)C(=O)N(C)C. The highest BCUT2D eigenvalue weighted by Crippen LogP contribution is 2.45. The Morgan fingerprint density at radius 3 is 2.16 bits per heavy atom. The van der Waals surface area contributed by atoms with Gasteiger partial charge in [-0.1, -0.05) is 0 Å². The summed E-state index contributed by atoms with van der Waals surface area (Å²) in [4.78, 5) is 30.5. The lowest BCUT2D eigenvalue weighted by Crippen LogP contribution is -2.41. The number of hydrogen-bond donors (Lipinski definition) is 2. The smallest absolute Gasteiger partial charge is 0.417 e. The van der Waals surface area contributed by atoms with Gasteiger partial charge in [0.1, 0.15) is 5.69 Å². The molecule has 25 heavy (non-hydrogen) atoms. The fourth-order valence-electron chi connectivity index (χ4n) is 2.01. The van der Waals surface area contributed by atoms with Crippen LogP contribution < -0.4 is 10.2 Å². The summed E-state index contributed by atoms with van der Waals surface area (Å²) in [6.45, 7) is 0. The molecule has 8 nitrogen and oxygen atoms in total. The van der Waals surface area contributed by atoms with Gasteiger partial charge in [0.15, 0.2) is 11.5 Å². The van der Waals surface area contributed by atoms with Crippen LogP contribution in [0.5, 0.6) is 11.5 Å². The van der Waals surface area contributed by atoms with E-state index in [4.69, 9.17) is 4.74 Å². The minimum atomic E-state index is -4.96. The number of urea groups is 1. The number of halogens is 3. The van der Waals surface area contributed by atoms with Crippen molar-refractivity contribution in [3.05, 3.63) is 17.2 Å². The van der Waals surface area contributed by atoms with Gasteiger partial charge in [-0.25, -0.2) is 4.79 Å². The number of rotatable bonds is 4. The van der Waals surface area contributed by atoms with E-state index in [9.17, 15) is 27.9 Å². The lowest BCUT2D eigenvalue weighted by Gasteiger charge is -2.24. The van der Waals surface area contributed by atoms with Gasteiger partial charge in [-0.15, -0.1) is 0 Å². The first kappa shape index (κ1) is 20.4. The van der Waals surface area contributed by atoms with Gasteiger partial charge >= 0.3 is 12.2 Å². The van der Waals surface area contributed by atoms with Gasteiger partial charge in [0.05, 0.1) is 25.3 Å². The molecule has 140 valence electrons. The molecule has 11 heteroatoms. The monoisotopic (exact) mass is 365 g/mol. The van der Waals surface area contributed by atoms with Crippen LogP contribution in [0.3, 0.4) is 0 Å². The number of nitrogens with one attached hydrogen (secondary N) is 1. The number of ether oxygens (including phenoxy) is 1. The summed E-state index contributed by atoms with van der Waals surface area (Å²) < 4.78 is 45.0. The number of carbonyl (C=O) groups excluding carboxylic acids is 2. The van der Waals surface area contributed by atoms with Gasteiger partial charge in [0, 0.05) is 21.1 Å². The molecule has 0 bridgehead atoms. The Morgan fingerprint density at radius 2 is 1.76 bits per heavy atom. The van der Waals surface area contributed by atoms with Crippen molar-refractivity contribution in [2.24, 2.45) is 0 Å². The number of anilines is 1.